The van der Waals surface area contributed by atoms with E-state index in [4.69, 9.17) is 4.74 Å². The number of carbonyl (C=O) groups excluding carboxylic acids is 1. The highest BCUT2D eigenvalue weighted by atomic mass is 16.5. The van der Waals surface area contributed by atoms with Crippen LogP contribution in [0.25, 0.3) is 0 Å². The fraction of sp³-hybridized carbons (Fsp3) is 0.0690. The molecule has 4 rings (SSSR count). The molecule has 0 fully saturated rings. The maximum Gasteiger partial charge on any atom is 0.336 e. The lowest BCUT2D eigenvalue weighted by Crippen LogP contribution is -2.32. The number of nitrogens with zero attached hydrogens (tertiary/aromatic N) is 2. The van der Waals surface area contributed by atoms with E-state index >= 15 is 0 Å². The third-order valence-corrected chi connectivity index (χ3v) is 5.72. The zero-order valence-electron chi connectivity index (χ0n) is 20.4. The minimum Gasteiger partial charge on any atom is -0.478 e. The Kier molecular flexibility index (Phi) is 7.96. The van der Waals surface area contributed by atoms with Crippen LogP contribution in [0.2, 0.25) is 0 Å². The lowest BCUT2D eigenvalue weighted by Gasteiger charge is -2.24. The first-order chi connectivity index (χ1) is 18.7. The lowest BCUT2D eigenvalue weighted by atomic mass is 9.97. The Morgan fingerprint density at radius 2 is 1.18 bits per heavy atom. The number of benzene rings is 3. The van der Waals surface area contributed by atoms with E-state index < -0.39 is 46.1 Å². The third-order valence-electron chi connectivity index (χ3n) is 5.72. The summed E-state index contributed by atoms with van der Waals surface area (Å²) < 4.78 is 5.80. The predicted octanol–water partition coefficient (Wildman–Crippen LogP) is 4.81. The summed E-state index contributed by atoms with van der Waals surface area (Å²) in [4.78, 5) is 54.5. The summed E-state index contributed by atoms with van der Waals surface area (Å²) in [5, 5.41) is 28.7. The molecule has 1 aromatic heterocycles. The summed E-state index contributed by atoms with van der Waals surface area (Å²) in [5.41, 5.74) is -1.33. The molecule has 1 amide bonds. The molecule has 0 aliphatic rings. The molecule has 39 heavy (non-hydrogen) atoms. The fourth-order valence-electron chi connectivity index (χ4n) is 3.87. The summed E-state index contributed by atoms with van der Waals surface area (Å²) >= 11 is 0. The van der Waals surface area contributed by atoms with Crippen molar-refractivity contribution in [3.05, 3.63) is 125 Å². The van der Waals surface area contributed by atoms with Gasteiger partial charge in [0.05, 0.1) is 34.5 Å². The Bertz CT molecular complexity index is 1520. The molecule has 0 bridgehead atoms. The summed E-state index contributed by atoms with van der Waals surface area (Å²) in [7, 11) is 0. The minimum absolute atomic E-state index is 0.0170. The Labute approximate surface area is 222 Å². The number of carbonyl (C=O) groups is 4. The first kappa shape index (κ1) is 26.6. The summed E-state index contributed by atoms with van der Waals surface area (Å²) in [6.45, 7) is -0.00669. The molecule has 0 saturated carbocycles. The predicted molar refractivity (Wildman–Crippen MR) is 138 cm³/mol. The van der Waals surface area contributed by atoms with Crippen LogP contribution in [0.1, 0.15) is 52.7 Å². The number of rotatable bonds is 10. The molecule has 0 spiro atoms. The van der Waals surface area contributed by atoms with Crippen molar-refractivity contribution in [1.82, 2.24) is 9.88 Å². The standard InChI is InChI=1S/C29H22N2O8/c32-26(22-14-24(28(35)36)25(29(37)38)15-23(22)27(33)34)31(17-19-6-4-5-13-30-19)16-18-9-11-21(12-10-18)39-20-7-2-1-3-8-20/h1-15H,16-17H2,(H,33,34)(H,35,36)(H,37,38). The number of pyridine rings is 1. The van der Waals surface area contributed by atoms with E-state index in [9.17, 15) is 34.5 Å². The van der Waals surface area contributed by atoms with Crippen LogP contribution in [0, 0.1) is 0 Å². The number of para-hydroxylation sites is 1. The van der Waals surface area contributed by atoms with Crippen LogP contribution >= 0.6 is 0 Å². The van der Waals surface area contributed by atoms with Gasteiger partial charge in [-0.25, -0.2) is 14.4 Å². The Morgan fingerprint density at radius 1 is 0.641 bits per heavy atom. The molecular weight excluding hydrogens is 504 g/mol. The molecule has 3 aromatic carbocycles. The second kappa shape index (κ2) is 11.7. The van der Waals surface area contributed by atoms with Gasteiger partial charge in [0.25, 0.3) is 5.91 Å². The number of aromatic nitrogens is 1. The molecule has 3 N–H and O–H groups in total. The van der Waals surface area contributed by atoms with E-state index in [0.717, 1.165) is 6.07 Å². The van der Waals surface area contributed by atoms with Crippen molar-refractivity contribution in [2.24, 2.45) is 0 Å². The topological polar surface area (TPSA) is 154 Å². The highest BCUT2D eigenvalue weighted by Crippen LogP contribution is 2.24. The van der Waals surface area contributed by atoms with Crippen molar-refractivity contribution >= 4 is 23.8 Å². The average molecular weight is 527 g/mol. The van der Waals surface area contributed by atoms with Gasteiger partial charge >= 0.3 is 17.9 Å². The van der Waals surface area contributed by atoms with Crippen LogP contribution in [0.4, 0.5) is 0 Å². The molecule has 4 aromatic rings. The van der Waals surface area contributed by atoms with Crippen molar-refractivity contribution in [2.75, 3.05) is 0 Å². The molecule has 10 heteroatoms. The van der Waals surface area contributed by atoms with E-state index in [1.54, 1.807) is 48.7 Å². The van der Waals surface area contributed by atoms with Gasteiger partial charge in [-0.2, -0.15) is 0 Å². The highest BCUT2D eigenvalue weighted by Gasteiger charge is 2.28. The minimum atomic E-state index is -1.63. The van der Waals surface area contributed by atoms with E-state index in [1.165, 1.54) is 4.90 Å². The van der Waals surface area contributed by atoms with Crippen LogP contribution in [0.15, 0.2) is 91.1 Å². The van der Waals surface area contributed by atoms with Gasteiger partial charge < -0.3 is 25.0 Å². The van der Waals surface area contributed by atoms with Crippen molar-refractivity contribution in [3.63, 3.8) is 0 Å². The van der Waals surface area contributed by atoms with E-state index in [-0.39, 0.29) is 13.1 Å². The van der Waals surface area contributed by atoms with E-state index in [0.29, 0.717) is 28.8 Å². The first-order valence-corrected chi connectivity index (χ1v) is 11.6. The Balaban J connectivity index is 1.69. The van der Waals surface area contributed by atoms with Gasteiger partial charge in [0.15, 0.2) is 0 Å². The van der Waals surface area contributed by atoms with Crippen LogP contribution in [-0.4, -0.2) is 49.0 Å². The Morgan fingerprint density at radius 3 is 1.74 bits per heavy atom. The van der Waals surface area contributed by atoms with Crippen LogP contribution in [0.5, 0.6) is 11.5 Å². The van der Waals surface area contributed by atoms with Crippen molar-refractivity contribution in [3.8, 4) is 11.5 Å². The number of hydrogen-bond donors (Lipinski definition) is 3. The number of aromatic carboxylic acids is 3. The molecule has 10 nitrogen and oxygen atoms in total. The largest absolute Gasteiger partial charge is 0.478 e. The quantitative estimate of drug-likeness (QED) is 0.264. The third kappa shape index (κ3) is 6.44. The molecule has 196 valence electrons. The van der Waals surface area contributed by atoms with Gasteiger partial charge in [0.2, 0.25) is 0 Å². The van der Waals surface area contributed by atoms with Gasteiger partial charge in [-0.05, 0) is 54.1 Å². The van der Waals surface area contributed by atoms with Gasteiger partial charge in [-0.15, -0.1) is 0 Å². The highest BCUT2D eigenvalue weighted by molar-refractivity contribution is 6.10. The molecular formula is C29H22N2O8. The molecule has 0 aliphatic carbocycles. The zero-order valence-corrected chi connectivity index (χ0v) is 20.4. The fourth-order valence-corrected chi connectivity index (χ4v) is 3.87. The van der Waals surface area contributed by atoms with Crippen molar-refractivity contribution < 1.29 is 39.2 Å². The summed E-state index contributed by atoms with van der Waals surface area (Å²) in [5.74, 6) is -4.39. The number of ether oxygens (including phenoxy) is 1. The number of hydrogen-bond acceptors (Lipinski definition) is 6. The Hall–Kier alpha value is -5.51. The zero-order chi connectivity index (χ0) is 27.9. The molecule has 0 radical (unpaired) electrons. The van der Waals surface area contributed by atoms with Crippen molar-refractivity contribution in [1.29, 1.82) is 0 Å². The second-order valence-electron chi connectivity index (χ2n) is 8.40. The maximum absolute atomic E-state index is 13.7. The van der Waals surface area contributed by atoms with Gasteiger partial charge in [-0.3, -0.25) is 9.78 Å². The second-order valence-corrected chi connectivity index (χ2v) is 8.40. The molecule has 1 heterocycles. The number of carboxylic acid groups (broad SMARTS) is 3. The van der Waals surface area contributed by atoms with Crippen LogP contribution in [0.3, 0.4) is 0 Å². The molecule has 0 saturated heterocycles. The molecule has 0 aliphatic heterocycles. The normalized spacial score (nSPS) is 10.5. The van der Waals surface area contributed by atoms with Gasteiger partial charge in [0.1, 0.15) is 11.5 Å². The lowest BCUT2D eigenvalue weighted by molar-refractivity contribution is 0.0643. The number of amides is 1. The van der Waals surface area contributed by atoms with Crippen molar-refractivity contribution in [2.45, 2.75) is 13.1 Å². The maximum atomic E-state index is 13.7. The monoisotopic (exact) mass is 526 g/mol. The molecule has 0 unspecified atom stereocenters. The van der Waals surface area contributed by atoms with Crippen LogP contribution < -0.4 is 4.74 Å². The average Bonchev–Trinajstić information content (AvgIpc) is 2.93. The van der Waals surface area contributed by atoms with Gasteiger partial charge in [-0.1, -0.05) is 36.4 Å². The molecule has 0 atom stereocenters. The first-order valence-electron chi connectivity index (χ1n) is 11.6. The SMILES string of the molecule is O=C(O)c1cc(C(=O)O)c(C(=O)N(Cc2ccc(Oc3ccccc3)cc2)Cc2ccccn2)cc1C(=O)O. The smallest absolute Gasteiger partial charge is 0.336 e. The van der Waals surface area contributed by atoms with E-state index in [2.05, 4.69) is 4.98 Å². The van der Waals surface area contributed by atoms with Gasteiger partial charge in [0, 0.05) is 12.7 Å². The summed E-state index contributed by atoms with van der Waals surface area (Å²) in [6.07, 6.45) is 1.54. The summed E-state index contributed by atoms with van der Waals surface area (Å²) in [6, 6.07) is 22.7. The van der Waals surface area contributed by atoms with E-state index in [1.807, 2.05) is 30.3 Å². The number of carboxylic acids is 3. The van der Waals surface area contributed by atoms with Crippen LogP contribution in [-0.2, 0) is 13.1 Å².